The first-order chi connectivity index (χ1) is 7.95. The molecule has 0 saturated heterocycles. The third-order valence-electron chi connectivity index (χ3n) is 3.09. The van der Waals surface area contributed by atoms with Crippen molar-refractivity contribution in [1.82, 2.24) is 0 Å². The van der Waals surface area contributed by atoms with E-state index in [4.69, 9.17) is 5.73 Å². The van der Waals surface area contributed by atoms with Crippen LogP contribution in [-0.2, 0) is 12.6 Å². The van der Waals surface area contributed by atoms with Crippen LogP contribution in [0.1, 0.15) is 30.4 Å². The van der Waals surface area contributed by atoms with Crippen LogP contribution in [0.15, 0.2) is 24.3 Å². The molecule has 0 bridgehead atoms. The van der Waals surface area contributed by atoms with E-state index in [2.05, 4.69) is 0 Å². The summed E-state index contributed by atoms with van der Waals surface area (Å²) in [5, 5.41) is 0. The molecule has 1 aromatic carbocycles. The van der Waals surface area contributed by atoms with Gasteiger partial charge in [0.1, 0.15) is 0 Å². The third kappa shape index (κ3) is 3.73. The molecular weight excluding hydrogens is 227 g/mol. The minimum Gasteiger partial charge on any atom is -0.327 e. The summed E-state index contributed by atoms with van der Waals surface area (Å²) in [6, 6.07) is 5.43. The number of nitrogens with two attached hydrogens (primary N) is 1. The van der Waals surface area contributed by atoms with Crippen LogP contribution in [0.3, 0.4) is 0 Å². The van der Waals surface area contributed by atoms with Gasteiger partial charge < -0.3 is 5.73 Å². The Balaban J connectivity index is 2.00. The molecule has 1 aromatic rings. The van der Waals surface area contributed by atoms with Crippen molar-refractivity contribution in [3.05, 3.63) is 35.4 Å². The van der Waals surface area contributed by atoms with E-state index >= 15 is 0 Å². The molecule has 1 fully saturated rings. The van der Waals surface area contributed by atoms with Crippen molar-refractivity contribution in [2.45, 2.75) is 37.9 Å². The summed E-state index contributed by atoms with van der Waals surface area (Å²) in [4.78, 5) is 0. The van der Waals surface area contributed by atoms with E-state index in [0.717, 1.165) is 12.5 Å². The Morgan fingerprint density at radius 1 is 1.29 bits per heavy atom. The predicted molar refractivity (Wildman–Crippen MR) is 60.5 cm³/mol. The zero-order valence-electron chi connectivity index (χ0n) is 9.50. The van der Waals surface area contributed by atoms with Gasteiger partial charge in [0.25, 0.3) is 0 Å². The van der Waals surface area contributed by atoms with Crippen molar-refractivity contribution in [3.8, 4) is 0 Å². The molecule has 1 atom stereocenters. The summed E-state index contributed by atoms with van der Waals surface area (Å²) < 4.78 is 37.5. The minimum absolute atomic E-state index is 0.0222. The van der Waals surface area contributed by atoms with Crippen LogP contribution >= 0.6 is 0 Å². The van der Waals surface area contributed by atoms with Gasteiger partial charge >= 0.3 is 6.18 Å². The quantitative estimate of drug-likeness (QED) is 0.862. The molecule has 0 aliphatic heterocycles. The average molecular weight is 243 g/mol. The van der Waals surface area contributed by atoms with E-state index in [9.17, 15) is 13.2 Å². The fourth-order valence-corrected chi connectivity index (χ4v) is 2.04. The van der Waals surface area contributed by atoms with Gasteiger partial charge in [-0.05, 0) is 30.4 Å². The van der Waals surface area contributed by atoms with Crippen LogP contribution in [0, 0.1) is 5.92 Å². The molecule has 2 rings (SSSR count). The van der Waals surface area contributed by atoms with Crippen molar-refractivity contribution >= 4 is 0 Å². The number of halogens is 3. The zero-order chi connectivity index (χ0) is 12.5. The largest absolute Gasteiger partial charge is 0.416 e. The van der Waals surface area contributed by atoms with Crippen LogP contribution in [-0.4, -0.2) is 6.04 Å². The Morgan fingerprint density at radius 2 is 2.00 bits per heavy atom. The van der Waals surface area contributed by atoms with Gasteiger partial charge in [0, 0.05) is 6.04 Å². The average Bonchev–Trinajstić information content (AvgIpc) is 3.00. The van der Waals surface area contributed by atoms with E-state index in [1.807, 2.05) is 0 Å². The second-order valence-electron chi connectivity index (χ2n) is 4.84. The standard InChI is InChI=1S/C13H16F3N/c14-13(15,16)11-3-1-2-10(6-11)8-12(17)7-9-4-5-9/h1-3,6,9,12H,4-5,7-8,17H2. The predicted octanol–water partition coefficient (Wildman–Crippen LogP) is 3.38. The second-order valence-corrected chi connectivity index (χ2v) is 4.84. The van der Waals surface area contributed by atoms with Gasteiger partial charge in [-0.3, -0.25) is 0 Å². The van der Waals surface area contributed by atoms with Gasteiger partial charge in [0.2, 0.25) is 0 Å². The molecule has 4 heteroatoms. The van der Waals surface area contributed by atoms with Crippen LogP contribution < -0.4 is 5.73 Å². The first kappa shape index (κ1) is 12.4. The summed E-state index contributed by atoms with van der Waals surface area (Å²) in [6.45, 7) is 0. The first-order valence-electron chi connectivity index (χ1n) is 5.87. The van der Waals surface area contributed by atoms with Crippen LogP contribution in [0.5, 0.6) is 0 Å². The maximum atomic E-state index is 12.5. The molecule has 17 heavy (non-hydrogen) atoms. The number of hydrogen-bond acceptors (Lipinski definition) is 1. The van der Waals surface area contributed by atoms with Gasteiger partial charge in [0.15, 0.2) is 0 Å². The van der Waals surface area contributed by atoms with E-state index in [-0.39, 0.29) is 6.04 Å². The summed E-state index contributed by atoms with van der Waals surface area (Å²) in [5.41, 5.74) is 6.01. The Bertz CT molecular complexity index is 382. The lowest BCUT2D eigenvalue weighted by molar-refractivity contribution is -0.137. The SMILES string of the molecule is NC(Cc1cccc(C(F)(F)F)c1)CC1CC1. The first-order valence-corrected chi connectivity index (χ1v) is 5.87. The highest BCUT2D eigenvalue weighted by Gasteiger charge is 2.30. The molecule has 0 amide bonds. The number of alkyl halides is 3. The lowest BCUT2D eigenvalue weighted by atomic mass is 10.0. The normalized spacial score (nSPS) is 18.1. The van der Waals surface area contributed by atoms with Crippen molar-refractivity contribution in [2.24, 2.45) is 11.7 Å². The molecule has 0 radical (unpaired) electrons. The Morgan fingerprint density at radius 3 is 2.59 bits per heavy atom. The highest BCUT2D eigenvalue weighted by Crippen LogP contribution is 2.34. The van der Waals surface area contributed by atoms with Gasteiger partial charge in [0.05, 0.1) is 5.56 Å². The van der Waals surface area contributed by atoms with Crippen molar-refractivity contribution in [1.29, 1.82) is 0 Å². The monoisotopic (exact) mass is 243 g/mol. The van der Waals surface area contributed by atoms with E-state index in [1.165, 1.54) is 25.0 Å². The zero-order valence-corrected chi connectivity index (χ0v) is 9.50. The molecular formula is C13H16F3N. The van der Waals surface area contributed by atoms with Crippen molar-refractivity contribution in [3.63, 3.8) is 0 Å². The smallest absolute Gasteiger partial charge is 0.327 e. The Kier molecular flexibility index (Phi) is 3.43. The highest BCUT2D eigenvalue weighted by atomic mass is 19.4. The number of benzene rings is 1. The number of hydrogen-bond donors (Lipinski definition) is 1. The van der Waals surface area contributed by atoms with Crippen LogP contribution in [0.25, 0.3) is 0 Å². The maximum absolute atomic E-state index is 12.5. The highest BCUT2D eigenvalue weighted by molar-refractivity contribution is 5.26. The van der Waals surface area contributed by atoms with Gasteiger partial charge in [-0.25, -0.2) is 0 Å². The summed E-state index contributed by atoms with van der Waals surface area (Å²) in [7, 11) is 0. The van der Waals surface area contributed by atoms with Crippen LogP contribution in [0.2, 0.25) is 0 Å². The van der Waals surface area contributed by atoms with Gasteiger partial charge in [-0.2, -0.15) is 13.2 Å². The lowest BCUT2D eigenvalue weighted by Crippen LogP contribution is -2.23. The topological polar surface area (TPSA) is 26.0 Å². The molecule has 1 nitrogen and oxygen atoms in total. The molecule has 1 aliphatic rings. The molecule has 0 spiro atoms. The minimum atomic E-state index is -4.27. The van der Waals surface area contributed by atoms with E-state index in [0.29, 0.717) is 17.9 Å². The second kappa shape index (κ2) is 4.69. The lowest BCUT2D eigenvalue weighted by Gasteiger charge is -2.13. The van der Waals surface area contributed by atoms with Gasteiger partial charge in [-0.15, -0.1) is 0 Å². The maximum Gasteiger partial charge on any atom is 0.416 e. The molecule has 94 valence electrons. The fraction of sp³-hybridized carbons (Fsp3) is 0.538. The summed E-state index contributed by atoms with van der Waals surface area (Å²) >= 11 is 0. The van der Waals surface area contributed by atoms with Crippen molar-refractivity contribution < 1.29 is 13.2 Å². The van der Waals surface area contributed by atoms with Gasteiger partial charge in [-0.1, -0.05) is 31.0 Å². The Labute approximate surface area is 98.8 Å². The molecule has 1 saturated carbocycles. The third-order valence-corrected chi connectivity index (χ3v) is 3.09. The molecule has 1 aliphatic carbocycles. The van der Waals surface area contributed by atoms with E-state index < -0.39 is 11.7 Å². The molecule has 0 aromatic heterocycles. The molecule has 2 N–H and O–H groups in total. The number of rotatable bonds is 4. The van der Waals surface area contributed by atoms with Crippen molar-refractivity contribution in [2.75, 3.05) is 0 Å². The fourth-order valence-electron chi connectivity index (χ4n) is 2.04. The molecule has 1 unspecified atom stereocenters. The Hall–Kier alpha value is -1.03. The summed E-state index contributed by atoms with van der Waals surface area (Å²) in [6.07, 6.45) is -0.375. The van der Waals surface area contributed by atoms with E-state index in [1.54, 1.807) is 6.07 Å². The summed E-state index contributed by atoms with van der Waals surface area (Å²) in [5.74, 6) is 0.704. The molecule has 0 heterocycles. The van der Waals surface area contributed by atoms with Crippen LogP contribution in [0.4, 0.5) is 13.2 Å².